The minimum absolute atomic E-state index is 0.0112. The summed E-state index contributed by atoms with van der Waals surface area (Å²) in [5, 5.41) is 0.871. The number of hydrogen-bond donors (Lipinski definition) is 0. The van der Waals surface area contributed by atoms with Gasteiger partial charge < -0.3 is 37.6 Å². The molecule has 3 atom stereocenters. The molecule has 1 aromatic heterocycles. The maximum atomic E-state index is 11.5. The Balaban J connectivity index is 0.000000212. The van der Waals surface area contributed by atoms with E-state index in [1.54, 1.807) is 18.4 Å². The monoisotopic (exact) mass is 726 g/mol. The predicted molar refractivity (Wildman–Crippen MR) is 208 cm³/mol. The lowest BCUT2D eigenvalue weighted by Gasteiger charge is -2.30. The number of carbonyl (C=O) groups excluding carboxylic acids is 1. The molecule has 2 unspecified atom stereocenters. The molecule has 284 valence electrons. The molecule has 5 heterocycles. The molecule has 2 saturated heterocycles. The van der Waals surface area contributed by atoms with E-state index in [4.69, 9.17) is 37.6 Å². The van der Waals surface area contributed by atoms with Gasteiger partial charge in [-0.15, -0.1) is 13.2 Å². The Morgan fingerprint density at radius 1 is 0.962 bits per heavy atom. The van der Waals surface area contributed by atoms with Crippen molar-refractivity contribution in [3.63, 3.8) is 0 Å². The fraction of sp³-hybridized carbons (Fsp3) is 0.432. The van der Waals surface area contributed by atoms with E-state index in [2.05, 4.69) is 60.8 Å². The first kappa shape index (κ1) is 39.6. The molecule has 0 radical (unpaired) electrons. The minimum atomic E-state index is -1.16. The molecule has 2 fully saturated rings. The van der Waals surface area contributed by atoms with Gasteiger partial charge in [0.15, 0.2) is 0 Å². The quantitative estimate of drug-likeness (QED) is 0.0827. The lowest BCUT2D eigenvalue weighted by Crippen LogP contribution is -2.38. The van der Waals surface area contributed by atoms with Gasteiger partial charge in [-0.3, -0.25) is 4.79 Å². The fourth-order valence-electron chi connectivity index (χ4n) is 6.41. The maximum absolute atomic E-state index is 11.5. The average molecular weight is 727 g/mol. The number of ether oxygens (including phenoxy) is 7. The zero-order chi connectivity index (χ0) is 38.2. The number of carbonyl (C=O) groups is 1. The number of hydrogen-bond acceptors (Lipinski definition) is 9. The molecule has 1 spiro atoms. The third-order valence-electron chi connectivity index (χ3n) is 9.45. The Hall–Kier alpha value is -4.57. The molecule has 0 amide bonds. The van der Waals surface area contributed by atoms with E-state index in [0.29, 0.717) is 42.1 Å². The van der Waals surface area contributed by atoms with Crippen LogP contribution in [0.3, 0.4) is 0 Å². The van der Waals surface area contributed by atoms with Crippen molar-refractivity contribution in [3.8, 4) is 23.0 Å². The van der Waals surface area contributed by atoms with Crippen LogP contribution in [0.15, 0.2) is 90.1 Å². The second kappa shape index (κ2) is 17.1. The van der Waals surface area contributed by atoms with Gasteiger partial charge in [0.1, 0.15) is 41.8 Å². The van der Waals surface area contributed by atoms with Gasteiger partial charge in [-0.25, -0.2) is 0 Å². The van der Waals surface area contributed by atoms with E-state index in [1.807, 2.05) is 61.6 Å². The van der Waals surface area contributed by atoms with Gasteiger partial charge in [0.25, 0.3) is 0 Å². The van der Waals surface area contributed by atoms with Gasteiger partial charge in [0.2, 0.25) is 0 Å². The number of rotatable bonds is 11. The SMILES string of the molecule is C/C=C\COc1c2c(cc3occc13)OC(=O)CC=C2.C=C.CCCC1O[C@]2(C=Cc3ccc(OC/C=C(\C)CCC4OC4(C)C)cc3O2)OC1(C)C. The molecule has 9 nitrogen and oxygen atoms in total. The summed E-state index contributed by atoms with van der Waals surface area (Å²) in [7, 11) is 0. The predicted octanol–water partition coefficient (Wildman–Crippen LogP) is 10.5. The topological polar surface area (TPSA) is 98.1 Å². The molecule has 9 heteroatoms. The molecular weight excluding hydrogens is 672 g/mol. The van der Waals surface area contributed by atoms with Crippen molar-refractivity contribution in [3.05, 3.63) is 96.8 Å². The Morgan fingerprint density at radius 3 is 2.47 bits per heavy atom. The van der Waals surface area contributed by atoms with Gasteiger partial charge in [-0.05, 0) is 91.2 Å². The molecule has 3 aromatic rings. The Kier molecular flexibility index (Phi) is 12.8. The van der Waals surface area contributed by atoms with Crippen molar-refractivity contribution in [1.82, 2.24) is 0 Å². The van der Waals surface area contributed by atoms with Crippen LogP contribution in [0.2, 0.25) is 0 Å². The van der Waals surface area contributed by atoms with Crippen LogP contribution in [0.5, 0.6) is 23.0 Å². The zero-order valence-corrected chi connectivity index (χ0v) is 32.2. The van der Waals surface area contributed by atoms with E-state index in [1.165, 1.54) is 5.57 Å². The second-order valence-corrected chi connectivity index (χ2v) is 14.4. The molecular formula is C44H54O9. The van der Waals surface area contributed by atoms with Gasteiger partial charge in [0.05, 0.1) is 47.0 Å². The lowest BCUT2D eigenvalue weighted by molar-refractivity contribution is -0.270. The minimum Gasteiger partial charge on any atom is -0.489 e. The summed E-state index contributed by atoms with van der Waals surface area (Å²) < 4.78 is 46.8. The number of benzene rings is 2. The molecule has 7 rings (SSSR count). The highest BCUT2D eigenvalue weighted by molar-refractivity contribution is 5.93. The smallest absolute Gasteiger partial charge is 0.350 e. The first-order valence-electron chi connectivity index (χ1n) is 18.4. The molecule has 2 aromatic carbocycles. The first-order chi connectivity index (χ1) is 25.4. The molecule has 0 bridgehead atoms. The normalized spacial score (nSPS) is 23.2. The number of epoxide rings is 1. The van der Waals surface area contributed by atoms with Gasteiger partial charge in [-0.2, -0.15) is 0 Å². The summed E-state index contributed by atoms with van der Waals surface area (Å²) in [5.74, 6) is 1.18. The largest absolute Gasteiger partial charge is 0.489 e. The third-order valence-corrected chi connectivity index (χ3v) is 9.45. The first-order valence-corrected chi connectivity index (χ1v) is 18.4. The molecule has 0 saturated carbocycles. The number of esters is 1. The summed E-state index contributed by atoms with van der Waals surface area (Å²) in [6.07, 6.45) is 19.8. The Morgan fingerprint density at radius 2 is 1.74 bits per heavy atom. The molecule has 0 aliphatic carbocycles. The van der Waals surface area contributed by atoms with Crippen LogP contribution in [0.1, 0.15) is 91.7 Å². The standard InChI is InChI=1S/C26H36O5.C16H14O4.C2H4/c1-7-8-22-25(5,6)31-26(30-22)15-13-19-10-11-20(17-21(19)28-26)27-16-14-18(2)9-12-23-24(3,4)29-23;1-2-3-8-19-16-11-5-4-6-15(17)20-14(11)10-13-12(16)7-9-18-13;1-2/h10-11,13-15,17,22-23H,7-9,12,16H2,1-6H3;2-5,7,9-10H,6,8H2,1H3;1-2H2/b18-14+;3-2-;/t22?,23?,26-;;/m1../s1. The van der Waals surface area contributed by atoms with Crippen LogP contribution in [-0.2, 0) is 19.0 Å². The van der Waals surface area contributed by atoms with Crippen LogP contribution < -0.4 is 18.9 Å². The highest BCUT2D eigenvalue weighted by atomic mass is 16.9. The van der Waals surface area contributed by atoms with E-state index in [-0.39, 0.29) is 24.1 Å². The van der Waals surface area contributed by atoms with Crippen LogP contribution >= 0.6 is 0 Å². The second-order valence-electron chi connectivity index (χ2n) is 14.4. The van der Waals surface area contributed by atoms with E-state index in [0.717, 1.165) is 47.9 Å². The van der Waals surface area contributed by atoms with Crippen LogP contribution in [0, 0.1) is 0 Å². The summed E-state index contributed by atoms with van der Waals surface area (Å²) in [5.41, 5.74) is 3.37. The maximum Gasteiger partial charge on any atom is 0.350 e. The molecule has 53 heavy (non-hydrogen) atoms. The average Bonchev–Trinajstić information content (AvgIpc) is 3.42. The summed E-state index contributed by atoms with van der Waals surface area (Å²) in [6, 6.07) is 9.45. The highest BCUT2D eigenvalue weighted by Gasteiger charge is 2.53. The molecule has 4 aliphatic rings. The van der Waals surface area contributed by atoms with Gasteiger partial charge >= 0.3 is 11.9 Å². The summed E-state index contributed by atoms with van der Waals surface area (Å²) in [6.45, 7) is 21.6. The van der Waals surface area contributed by atoms with Crippen LogP contribution in [0.25, 0.3) is 23.1 Å². The van der Waals surface area contributed by atoms with Gasteiger partial charge in [0, 0.05) is 23.8 Å². The molecule has 4 aliphatic heterocycles. The summed E-state index contributed by atoms with van der Waals surface area (Å²) in [4.78, 5) is 11.5. The van der Waals surface area contributed by atoms with Crippen molar-refractivity contribution in [2.24, 2.45) is 0 Å². The van der Waals surface area contributed by atoms with Gasteiger partial charge in [-0.1, -0.05) is 43.2 Å². The number of fused-ring (bicyclic) bond motifs is 3. The number of furan rings is 1. The third kappa shape index (κ3) is 9.71. The Labute approximate surface area is 313 Å². The van der Waals surface area contributed by atoms with E-state index >= 15 is 0 Å². The number of allylic oxidation sites excluding steroid dienone is 2. The fourth-order valence-corrected chi connectivity index (χ4v) is 6.41. The highest BCUT2D eigenvalue weighted by Crippen LogP contribution is 2.45. The van der Waals surface area contributed by atoms with Crippen molar-refractivity contribution in [2.45, 2.75) is 110 Å². The van der Waals surface area contributed by atoms with Crippen molar-refractivity contribution >= 4 is 29.1 Å². The summed E-state index contributed by atoms with van der Waals surface area (Å²) >= 11 is 0. The van der Waals surface area contributed by atoms with Crippen molar-refractivity contribution < 1.29 is 42.4 Å². The Bertz CT molecular complexity index is 1860. The van der Waals surface area contributed by atoms with Crippen LogP contribution in [0.4, 0.5) is 0 Å². The molecule has 0 N–H and O–H groups in total. The zero-order valence-electron chi connectivity index (χ0n) is 32.2. The lowest BCUT2D eigenvalue weighted by atomic mass is 9.98. The van der Waals surface area contributed by atoms with Crippen LogP contribution in [-0.4, -0.2) is 48.6 Å². The van der Waals surface area contributed by atoms with Crippen molar-refractivity contribution in [1.29, 1.82) is 0 Å². The van der Waals surface area contributed by atoms with Crippen molar-refractivity contribution in [2.75, 3.05) is 13.2 Å². The van der Waals surface area contributed by atoms with E-state index < -0.39 is 11.6 Å². The van der Waals surface area contributed by atoms with E-state index in [9.17, 15) is 4.79 Å².